The summed E-state index contributed by atoms with van der Waals surface area (Å²) in [5, 5.41) is 2.91. The van der Waals surface area contributed by atoms with Gasteiger partial charge in [-0.05, 0) is 31.9 Å². The monoisotopic (exact) mass is 260 g/mol. The van der Waals surface area contributed by atoms with E-state index in [0.717, 1.165) is 24.0 Å². The van der Waals surface area contributed by atoms with E-state index in [1.807, 2.05) is 36.1 Å². The third kappa shape index (κ3) is 3.56. The van der Waals surface area contributed by atoms with Crippen LogP contribution in [0.1, 0.15) is 35.7 Å². The lowest BCUT2D eigenvalue weighted by molar-refractivity contribution is -0.119. The van der Waals surface area contributed by atoms with Gasteiger partial charge in [-0.3, -0.25) is 9.59 Å². The predicted octanol–water partition coefficient (Wildman–Crippen LogP) is 1.74. The number of hydrogen-bond donors (Lipinski definition) is 1. The molecule has 0 radical (unpaired) electrons. The molecule has 0 atom stereocenters. The van der Waals surface area contributed by atoms with Crippen LogP contribution in [-0.4, -0.2) is 35.8 Å². The van der Waals surface area contributed by atoms with E-state index in [9.17, 15) is 9.59 Å². The Morgan fingerprint density at radius 1 is 1.16 bits per heavy atom. The molecule has 4 heteroatoms. The fraction of sp³-hybridized carbons (Fsp3) is 0.467. The molecule has 2 amide bonds. The van der Waals surface area contributed by atoms with Gasteiger partial charge < -0.3 is 10.2 Å². The third-order valence-corrected chi connectivity index (χ3v) is 3.49. The maximum absolute atomic E-state index is 12.3. The Hall–Kier alpha value is -1.84. The van der Waals surface area contributed by atoms with Crippen molar-refractivity contribution in [2.24, 2.45) is 0 Å². The number of nitrogens with zero attached hydrogens (tertiary/aromatic N) is 1. The normalized spacial score (nSPS) is 16.2. The van der Waals surface area contributed by atoms with E-state index in [-0.39, 0.29) is 17.9 Å². The van der Waals surface area contributed by atoms with Crippen LogP contribution in [0.25, 0.3) is 0 Å². The number of carbonyl (C=O) groups is 2. The zero-order valence-corrected chi connectivity index (χ0v) is 11.5. The van der Waals surface area contributed by atoms with Gasteiger partial charge >= 0.3 is 0 Å². The van der Waals surface area contributed by atoms with Crippen molar-refractivity contribution in [2.75, 3.05) is 13.1 Å². The largest absolute Gasteiger partial charge is 0.353 e. The first-order valence-corrected chi connectivity index (χ1v) is 6.69. The first-order chi connectivity index (χ1) is 9.06. The van der Waals surface area contributed by atoms with E-state index < -0.39 is 0 Å². The number of piperidine rings is 1. The molecule has 102 valence electrons. The fourth-order valence-corrected chi connectivity index (χ4v) is 2.39. The van der Waals surface area contributed by atoms with Gasteiger partial charge in [0.1, 0.15) is 0 Å². The minimum atomic E-state index is 0.00307. The number of rotatable bonds is 2. The van der Waals surface area contributed by atoms with Gasteiger partial charge in [-0.2, -0.15) is 0 Å². The smallest absolute Gasteiger partial charge is 0.253 e. The van der Waals surface area contributed by atoms with E-state index in [1.165, 1.54) is 6.92 Å². The second kappa shape index (κ2) is 5.87. The summed E-state index contributed by atoms with van der Waals surface area (Å²) in [6.45, 7) is 4.95. The lowest BCUT2D eigenvalue weighted by Gasteiger charge is -2.32. The van der Waals surface area contributed by atoms with Gasteiger partial charge in [0.25, 0.3) is 5.91 Å². The Morgan fingerprint density at radius 3 is 2.26 bits per heavy atom. The molecule has 0 bridgehead atoms. The van der Waals surface area contributed by atoms with Gasteiger partial charge in [-0.1, -0.05) is 17.7 Å². The number of benzene rings is 1. The van der Waals surface area contributed by atoms with Crippen molar-refractivity contribution < 1.29 is 9.59 Å². The first kappa shape index (κ1) is 13.6. The fourth-order valence-electron chi connectivity index (χ4n) is 2.39. The average Bonchev–Trinajstić information content (AvgIpc) is 2.39. The molecule has 0 aromatic heterocycles. The molecule has 0 saturated carbocycles. The highest BCUT2D eigenvalue weighted by atomic mass is 16.2. The third-order valence-electron chi connectivity index (χ3n) is 3.49. The Bertz CT molecular complexity index is 460. The van der Waals surface area contributed by atoms with Crippen LogP contribution in [0.2, 0.25) is 0 Å². The minimum Gasteiger partial charge on any atom is -0.353 e. The summed E-state index contributed by atoms with van der Waals surface area (Å²) in [6, 6.07) is 7.86. The summed E-state index contributed by atoms with van der Waals surface area (Å²) in [6.07, 6.45) is 1.66. The van der Waals surface area contributed by atoms with Gasteiger partial charge in [-0.15, -0.1) is 0 Å². The van der Waals surface area contributed by atoms with E-state index in [1.54, 1.807) is 0 Å². The first-order valence-electron chi connectivity index (χ1n) is 6.69. The highest BCUT2D eigenvalue weighted by Crippen LogP contribution is 2.14. The Labute approximate surface area is 113 Å². The summed E-state index contributed by atoms with van der Waals surface area (Å²) in [7, 11) is 0. The summed E-state index contributed by atoms with van der Waals surface area (Å²) in [5.74, 6) is 0.0876. The number of likely N-dealkylation sites (tertiary alicyclic amines) is 1. The van der Waals surface area contributed by atoms with Crippen LogP contribution in [0.3, 0.4) is 0 Å². The van der Waals surface area contributed by atoms with Crippen LogP contribution in [-0.2, 0) is 4.79 Å². The lowest BCUT2D eigenvalue weighted by Crippen LogP contribution is -2.46. The molecular formula is C15H20N2O2. The minimum absolute atomic E-state index is 0.00307. The summed E-state index contributed by atoms with van der Waals surface area (Å²) >= 11 is 0. The topological polar surface area (TPSA) is 49.4 Å². The van der Waals surface area contributed by atoms with Gasteiger partial charge in [0.15, 0.2) is 0 Å². The Kier molecular flexibility index (Phi) is 4.20. The second-order valence-electron chi connectivity index (χ2n) is 5.13. The molecule has 1 aromatic rings. The summed E-state index contributed by atoms with van der Waals surface area (Å²) < 4.78 is 0. The van der Waals surface area contributed by atoms with Crippen LogP contribution in [0, 0.1) is 6.92 Å². The number of aryl methyl sites for hydroxylation is 1. The molecule has 2 rings (SSSR count). The van der Waals surface area contributed by atoms with Gasteiger partial charge in [0.2, 0.25) is 5.91 Å². The molecule has 1 aliphatic heterocycles. The lowest BCUT2D eigenvalue weighted by atomic mass is 10.0. The number of amides is 2. The number of carbonyl (C=O) groups excluding carboxylic acids is 2. The Balaban J connectivity index is 1.92. The maximum atomic E-state index is 12.3. The predicted molar refractivity (Wildman–Crippen MR) is 73.9 cm³/mol. The SMILES string of the molecule is CC(=O)NC1CCN(C(=O)c2ccc(C)cc2)CC1. The van der Waals surface area contributed by atoms with Crippen molar-refractivity contribution in [1.29, 1.82) is 0 Å². The highest BCUT2D eigenvalue weighted by molar-refractivity contribution is 5.94. The molecule has 1 aromatic carbocycles. The van der Waals surface area contributed by atoms with Crippen LogP contribution < -0.4 is 5.32 Å². The van der Waals surface area contributed by atoms with Crippen LogP contribution in [0.5, 0.6) is 0 Å². The van der Waals surface area contributed by atoms with Crippen LogP contribution in [0.15, 0.2) is 24.3 Å². The average molecular weight is 260 g/mol. The Morgan fingerprint density at radius 2 is 1.74 bits per heavy atom. The highest BCUT2D eigenvalue weighted by Gasteiger charge is 2.23. The molecule has 1 saturated heterocycles. The molecular weight excluding hydrogens is 240 g/mol. The van der Waals surface area contributed by atoms with Crippen LogP contribution in [0.4, 0.5) is 0 Å². The molecule has 19 heavy (non-hydrogen) atoms. The van der Waals surface area contributed by atoms with E-state index in [4.69, 9.17) is 0 Å². The van der Waals surface area contributed by atoms with Crippen molar-refractivity contribution >= 4 is 11.8 Å². The van der Waals surface area contributed by atoms with Crippen molar-refractivity contribution in [2.45, 2.75) is 32.7 Å². The second-order valence-corrected chi connectivity index (χ2v) is 5.13. The molecule has 0 spiro atoms. The van der Waals surface area contributed by atoms with Crippen molar-refractivity contribution in [1.82, 2.24) is 10.2 Å². The van der Waals surface area contributed by atoms with E-state index in [0.29, 0.717) is 13.1 Å². The molecule has 1 N–H and O–H groups in total. The molecule has 1 fully saturated rings. The van der Waals surface area contributed by atoms with Gasteiger partial charge in [-0.25, -0.2) is 0 Å². The van der Waals surface area contributed by atoms with Crippen LogP contribution >= 0.6 is 0 Å². The van der Waals surface area contributed by atoms with Gasteiger partial charge in [0.05, 0.1) is 0 Å². The van der Waals surface area contributed by atoms with Crippen molar-refractivity contribution in [3.63, 3.8) is 0 Å². The molecule has 4 nitrogen and oxygen atoms in total. The van der Waals surface area contributed by atoms with Crippen molar-refractivity contribution in [3.8, 4) is 0 Å². The van der Waals surface area contributed by atoms with E-state index in [2.05, 4.69) is 5.32 Å². The van der Waals surface area contributed by atoms with Gasteiger partial charge in [0, 0.05) is 31.6 Å². The maximum Gasteiger partial charge on any atom is 0.253 e. The van der Waals surface area contributed by atoms with E-state index >= 15 is 0 Å². The zero-order chi connectivity index (χ0) is 13.8. The zero-order valence-electron chi connectivity index (χ0n) is 11.5. The number of hydrogen-bond acceptors (Lipinski definition) is 2. The molecule has 0 unspecified atom stereocenters. The number of nitrogens with one attached hydrogen (secondary N) is 1. The molecule has 1 aliphatic rings. The standard InChI is InChI=1S/C15H20N2O2/c1-11-3-5-13(6-4-11)15(19)17-9-7-14(8-10-17)16-12(2)18/h3-6,14H,7-10H2,1-2H3,(H,16,18). The molecule has 1 heterocycles. The van der Waals surface area contributed by atoms with Crippen molar-refractivity contribution in [3.05, 3.63) is 35.4 Å². The quantitative estimate of drug-likeness (QED) is 0.880. The summed E-state index contributed by atoms with van der Waals surface area (Å²) in [5.41, 5.74) is 1.89. The summed E-state index contributed by atoms with van der Waals surface area (Å²) in [4.78, 5) is 25.1. The molecule has 0 aliphatic carbocycles.